The van der Waals surface area contributed by atoms with E-state index in [-0.39, 0.29) is 5.92 Å². The fourth-order valence-electron chi connectivity index (χ4n) is 2.71. The molecule has 18 heavy (non-hydrogen) atoms. The lowest BCUT2D eigenvalue weighted by Crippen LogP contribution is -2.28. The van der Waals surface area contributed by atoms with Gasteiger partial charge in [-0.2, -0.15) is 0 Å². The van der Waals surface area contributed by atoms with Crippen LogP contribution in [0, 0.1) is 18.8 Å². The summed E-state index contributed by atoms with van der Waals surface area (Å²) in [5.41, 5.74) is 2.52. The van der Waals surface area contributed by atoms with Gasteiger partial charge in [0.1, 0.15) is 0 Å². The lowest BCUT2D eigenvalue weighted by Gasteiger charge is -2.16. The Bertz CT molecular complexity index is 399. The highest BCUT2D eigenvalue weighted by Crippen LogP contribution is 2.31. The predicted octanol–water partition coefficient (Wildman–Crippen LogP) is 2.59. The maximum atomic E-state index is 11.1. The molecule has 1 aromatic rings. The highest BCUT2D eigenvalue weighted by Gasteiger charge is 2.32. The van der Waals surface area contributed by atoms with E-state index < -0.39 is 5.97 Å². The third-order valence-corrected chi connectivity index (χ3v) is 3.83. The Kier molecular flexibility index (Phi) is 4.37. The summed E-state index contributed by atoms with van der Waals surface area (Å²) < 4.78 is 0. The molecule has 0 amide bonds. The molecule has 0 saturated heterocycles. The molecule has 0 spiro atoms. The quantitative estimate of drug-likeness (QED) is 0.840. The summed E-state index contributed by atoms with van der Waals surface area (Å²) in [5, 5.41) is 12.5. The first-order chi connectivity index (χ1) is 8.66. The smallest absolute Gasteiger partial charge is 0.306 e. The Morgan fingerprint density at radius 1 is 1.33 bits per heavy atom. The minimum Gasteiger partial charge on any atom is -0.481 e. The molecule has 1 aliphatic carbocycles. The van der Waals surface area contributed by atoms with E-state index in [1.807, 2.05) is 0 Å². The average Bonchev–Trinajstić information content (AvgIpc) is 2.80. The molecular formula is C15H21NO2. The lowest BCUT2D eigenvalue weighted by molar-refractivity contribution is -0.142. The molecule has 2 unspecified atom stereocenters. The van der Waals surface area contributed by atoms with Crippen molar-refractivity contribution in [1.82, 2.24) is 5.32 Å². The molecule has 98 valence electrons. The van der Waals surface area contributed by atoms with Gasteiger partial charge in [0, 0.05) is 6.54 Å². The normalized spacial score (nSPS) is 23.2. The highest BCUT2D eigenvalue weighted by molar-refractivity contribution is 5.70. The van der Waals surface area contributed by atoms with Crippen LogP contribution in [0.3, 0.4) is 0 Å². The van der Waals surface area contributed by atoms with Crippen LogP contribution in [0.25, 0.3) is 0 Å². The van der Waals surface area contributed by atoms with Gasteiger partial charge in [-0.05, 0) is 37.8 Å². The van der Waals surface area contributed by atoms with Crippen LogP contribution in [0.2, 0.25) is 0 Å². The van der Waals surface area contributed by atoms with Crippen LogP contribution in [0.1, 0.15) is 30.4 Å². The maximum Gasteiger partial charge on any atom is 0.306 e. The first kappa shape index (κ1) is 13.1. The fraction of sp³-hybridized carbons (Fsp3) is 0.533. The number of benzene rings is 1. The van der Waals surface area contributed by atoms with Crippen molar-refractivity contribution in [3.63, 3.8) is 0 Å². The zero-order valence-electron chi connectivity index (χ0n) is 10.9. The van der Waals surface area contributed by atoms with Gasteiger partial charge in [-0.3, -0.25) is 4.79 Å². The maximum absolute atomic E-state index is 11.1. The third-order valence-electron chi connectivity index (χ3n) is 3.83. The zero-order valence-corrected chi connectivity index (χ0v) is 10.9. The molecule has 3 heteroatoms. The van der Waals surface area contributed by atoms with E-state index in [1.54, 1.807) is 0 Å². The minimum atomic E-state index is -0.630. The number of carbonyl (C=O) groups is 1. The molecule has 1 aromatic carbocycles. The van der Waals surface area contributed by atoms with Crippen LogP contribution in [0.4, 0.5) is 0 Å². The summed E-state index contributed by atoms with van der Waals surface area (Å²) in [5.74, 6) is -0.474. The molecule has 2 atom stereocenters. The van der Waals surface area contributed by atoms with Crippen molar-refractivity contribution in [1.29, 1.82) is 0 Å². The fourth-order valence-corrected chi connectivity index (χ4v) is 2.71. The number of carboxylic acid groups (broad SMARTS) is 1. The van der Waals surface area contributed by atoms with Gasteiger partial charge in [-0.15, -0.1) is 0 Å². The van der Waals surface area contributed by atoms with Gasteiger partial charge in [0.2, 0.25) is 0 Å². The van der Waals surface area contributed by atoms with Gasteiger partial charge in [0.25, 0.3) is 0 Å². The van der Waals surface area contributed by atoms with E-state index >= 15 is 0 Å². The Hall–Kier alpha value is -1.35. The number of aliphatic carboxylic acids is 1. The summed E-state index contributed by atoms with van der Waals surface area (Å²) in [6.45, 7) is 3.71. The third kappa shape index (κ3) is 3.33. The van der Waals surface area contributed by atoms with E-state index in [0.29, 0.717) is 5.92 Å². The molecule has 2 rings (SSSR count). The van der Waals surface area contributed by atoms with Crippen LogP contribution in [-0.2, 0) is 11.3 Å². The zero-order chi connectivity index (χ0) is 13.0. The molecule has 1 fully saturated rings. The van der Waals surface area contributed by atoms with Gasteiger partial charge < -0.3 is 10.4 Å². The number of aryl methyl sites for hydroxylation is 1. The summed E-state index contributed by atoms with van der Waals surface area (Å²) in [6, 6.07) is 8.44. The molecule has 2 N–H and O–H groups in total. The summed E-state index contributed by atoms with van der Waals surface area (Å²) >= 11 is 0. The number of hydrogen-bond donors (Lipinski definition) is 2. The molecule has 0 aromatic heterocycles. The largest absolute Gasteiger partial charge is 0.481 e. The Morgan fingerprint density at radius 3 is 2.72 bits per heavy atom. The molecule has 0 aliphatic heterocycles. The number of nitrogens with one attached hydrogen (secondary N) is 1. The monoisotopic (exact) mass is 247 g/mol. The first-order valence-electron chi connectivity index (χ1n) is 6.66. The Balaban J connectivity index is 1.78. The van der Waals surface area contributed by atoms with E-state index in [1.165, 1.54) is 11.1 Å². The molecular weight excluding hydrogens is 226 g/mol. The van der Waals surface area contributed by atoms with E-state index in [2.05, 4.69) is 36.5 Å². The summed E-state index contributed by atoms with van der Waals surface area (Å²) in [6.07, 6.45) is 2.93. The molecule has 0 bridgehead atoms. The molecule has 0 radical (unpaired) electrons. The van der Waals surface area contributed by atoms with Crippen LogP contribution in [-0.4, -0.2) is 17.6 Å². The Labute approximate surface area is 108 Å². The number of carboxylic acids is 1. The van der Waals surface area contributed by atoms with Crippen molar-refractivity contribution in [3.05, 3.63) is 35.4 Å². The van der Waals surface area contributed by atoms with Crippen molar-refractivity contribution in [2.75, 3.05) is 6.54 Å². The summed E-state index contributed by atoms with van der Waals surface area (Å²) in [7, 11) is 0. The van der Waals surface area contributed by atoms with Crippen molar-refractivity contribution >= 4 is 5.97 Å². The van der Waals surface area contributed by atoms with Crippen LogP contribution in [0.5, 0.6) is 0 Å². The lowest BCUT2D eigenvalue weighted by atomic mass is 9.96. The SMILES string of the molecule is Cc1ccc(CNCC2CCCC2C(=O)O)cc1. The van der Waals surface area contributed by atoms with E-state index in [9.17, 15) is 4.79 Å². The van der Waals surface area contributed by atoms with Crippen molar-refractivity contribution in [2.45, 2.75) is 32.7 Å². The van der Waals surface area contributed by atoms with Crippen LogP contribution in [0.15, 0.2) is 24.3 Å². The average molecular weight is 247 g/mol. The molecule has 0 heterocycles. The topological polar surface area (TPSA) is 49.3 Å². The van der Waals surface area contributed by atoms with Crippen LogP contribution >= 0.6 is 0 Å². The van der Waals surface area contributed by atoms with Gasteiger partial charge in [-0.1, -0.05) is 36.2 Å². The number of rotatable bonds is 5. The Morgan fingerprint density at radius 2 is 2.06 bits per heavy atom. The van der Waals surface area contributed by atoms with Gasteiger partial charge in [-0.25, -0.2) is 0 Å². The predicted molar refractivity (Wildman–Crippen MR) is 71.4 cm³/mol. The van der Waals surface area contributed by atoms with E-state index in [4.69, 9.17) is 5.11 Å². The van der Waals surface area contributed by atoms with Gasteiger partial charge >= 0.3 is 5.97 Å². The van der Waals surface area contributed by atoms with Crippen molar-refractivity contribution in [3.8, 4) is 0 Å². The standard InChI is InChI=1S/C15H21NO2/c1-11-5-7-12(8-6-11)9-16-10-13-3-2-4-14(13)15(17)18/h5-8,13-14,16H,2-4,9-10H2,1H3,(H,17,18). The van der Waals surface area contributed by atoms with Gasteiger partial charge in [0.05, 0.1) is 5.92 Å². The van der Waals surface area contributed by atoms with Crippen molar-refractivity contribution in [2.24, 2.45) is 11.8 Å². The highest BCUT2D eigenvalue weighted by atomic mass is 16.4. The second-order valence-electron chi connectivity index (χ2n) is 5.25. The van der Waals surface area contributed by atoms with E-state index in [0.717, 1.165) is 32.4 Å². The second-order valence-corrected chi connectivity index (χ2v) is 5.25. The van der Waals surface area contributed by atoms with Crippen LogP contribution < -0.4 is 5.32 Å². The van der Waals surface area contributed by atoms with Gasteiger partial charge in [0.15, 0.2) is 0 Å². The molecule has 1 saturated carbocycles. The number of hydrogen-bond acceptors (Lipinski definition) is 2. The first-order valence-corrected chi connectivity index (χ1v) is 6.66. The molecule has 3 nitrogen and oxygen atoms in total. The minimum absolute atomic E-state index is 0.143. The summed E-state index contributed by atoms with van der Waals surface area (Å²) in [4.78, 5) is 11.1. The molecule has 1 aliphatic rings. The second kappa shape index (κ2) is 6.01. The van der Waals surface area contributed by atoms with Crippen molar-refractivity contribution < 1.29 is 9.90 Å².